The van der Waals surface area contributed by atoms with Crippen molar-refractivity contribution < 1.29 is 36.7 Å². The molecule has 4 aromatic heterocycles. The van der Waals surface area contributed by atoms with Gasteiger partial charge in [0.2, 0.25) is 17.6 Å². The van der Waals surface area contributed by atoms with E-state index in [1.165, 1.54) is 41.9 Å². The van der Waals surface area contributed by atoms with Crippen molar-refractivity contribution in [3.05, 3.63) is 105 Å². The number of nitrogens with one attached hydrogen (secondary N) is 4. The van der Waals surface area contributed by atoms with Crippen LogP contribution in [0, 0.1) is 31.5 Å². The molecule has 0 saturated carbocycles. The van der Waals surface area contributed by atoms with Gasteiger partial charge in [0.05, 0.1) is 34.5 Å². The molecule has 0 spiro atoms. The molecule has 9 rings (SSSR count). The Labute approximate surface area is 452 Å². The van der Waals surface area contributed by atoms with E-state index in [0.29, 0.717) is 90.1 Å². The summed E-state index contributed by atoms with van der Waals surface area (Å²) in [7, 11) is -2.16. The zero-order valence-electron chi connectivity index (χ0n) is 44.6. The molecule has 22 heteroatoms. The number of thiazole rings is 1. The molecule has 19 nitrogen and oxygen atoms in total. The summed E-state index contributed by atoms with van der Waals surface area (Å²) < 4.78 is 46.8. The second kappa shape index (κ2) is 23.0. The molecular weight excluding hydrogens is 1020 g/mol. The number of aromatic nitrogens is 6. The van der Waals surface area contributed by atoms with E-state index in [9.17, 15) is 32.0 Å². The van der Waals surface area contributed by atoms with E-state index in [1.807, 2.05) is 26.0 Å². The number of carbonyl (C=O) groups excluding carboxylic acids is 4. The smallest absolute Gasteiger partial charge is 0.255 e. The molecule has 3 aliphatic rings. The molecule has 7 heterocycles. The first-order chi connectivity index (χ1) is 36.8. The first kappa shape index (κ1) is 54.9. The lowest BCUT2D eigenvalue weighted by atomic mass is 9.87. The van der Waals surface area contributed by atoms with Crippen molar-refractivity contribution in [2.45, 2.75) is 114 Å². The number of H-pyrrole nitrogens is 1. The fourth-order valence-corrected chi connectivity index (χ4v) is 12.5. The normalized spacial score (nSPS) is 17.6. The summed E-state index contributed by atoms with van der Waals surface area (Å²) in [5, 5.41) is 19.4. The van der Waals surface area contributed by atoms with Crippen LogP contribution in [0.3, 0.4) is 0 Å². The van der Waals surface area contributed by atoms with Crippen LogP contribution >= 0.6 is 11.3 Å². The van der Waals surface area contributed by atoms with E-state index >= 15 is 0 Å². The van der Waals surface area contributed by atoms with Gasteiger partial charge in [-0.15, -0.1) is 11.3 Å². The van der Waals surface area contributed by atoms with E-state index < -0.39 is 32.5 Å². The molecule has 0 aliphatic carbocycles. The van der Waals surface area contributed by atoms with Gasteiger partial charge in [-0.05, 0) is 148 Å². The Morgan fingerprint density at radius 1 is 0.909 bits per heavy atom. The van der Waals surface area contributed by atoms with Crippen LogP contribution in [0.25, 0.3) is 10.9 Å². The SMILES string of the molecule is CNC(C)C(=O)NC(C(=O)N1CCC[C@H]1c1nc(C(=O)c2ccc(F)cc2)cs1)C1CCN(C(=O)c2ccc(N3CCC(CCOc4cc5ncnc(Nc6n[nH]c(C)c6C)c5cc4S(=O)(=O)C(C)(C)C)CC3)nc2)CC1. The van der Waals surface area contributed by atoms with E-state index in [4.69, 9.17) is 9.72 Å². The number of hydrogen-bond donors (Lipinski definition) is 4. The highest BCUT2D eigenvalue weighted by Crippen LogP contribution is 2.39. The number of aromatic amines is 1. The monoisotopic (exact) mass is 1090 g/mol. The van der Waals surface area contributed by atoms with Gasteiger partial charge in [-0.25, -0.2) is 32.7 Å². The van der Waals surface area contributed by atoms with Crippen molar-refractivity contribution in [3.63, 3.8) is 0 Å². The number of piperidine rings is 2. The van der Waals surface area contributed by atoms with Crippen molar-refractivity contribution in [3.8, 4) is 5.75 Å². The van der Waals surface area contributed by atoms with Crippen LogP contribution in [0.5, 0.6) is 5.75 Å². The number of carbonyl (C=O) groups is 4. The molecule has 6 aromatic rings. The number of nitrogens with zero attached hydrogens (tertiary/aromatic N) is 8. The first-order valence-electron chi connectivity index (χ1n) is 26.3. The lowest BCUT2D eigenvalue weighted by Crippen LogP contribution is -2.57. The Bertz CT molecular complexity index is 3240. The number of likely N-dealkylation sites (tertiary alicyclic amines) is 2. The molecule has 0 radical (unpaired) electrons. The van der Waals surface area contributed by atoms with Gasteiger partial charge < -0.3 is 35.4 Å². The lowest BCUT2D eigenvalue weighted by Gasteiger charge is -2.38. The van der Waals surface area contributed by atoms with Crippen LogP contribution in [0.1, 0.15) is 121 Å². The average Bonchev–Trinajstić information content (AvgIpc) is 4.24. The number of ether oxygens (including phenoxy) is 1. The Morgan fingerprint density at radius 3 is 2.30 bits per heavy atom. The number of rotatable bonds is 17. The maximum Gasteiger partial charge on any atom is 0.255 e. The third-order valence-corrected chi connectivity index (χ3v) is 18.8. The van der Waals surface area contributed by atoms with E-state index in [2.05, 4.69) is 46.0 Å². The first-order valence-corrected chi connectivity index (χ1v) is 28.7. The maximum atomic E-state index is 14.6. The quantitative estimate of drug-likeness (QED) is 0.0647. The van der Waals surface area contributed by atoms with Gasteiger partial charge in [-0.1, -0.05) is 0 Å². The van der Waals surface area contributed by atoms with Gasteiger partial charge in [0.25, 0.3) is 5.91 Å². The number of aryl methyl sites for hydroxylation is 1. The zero-order valence-corrected chi connectivity index (χ0v) is 46.2. The number of amides is 3. The summed E-state index contributed by atoms with van der Waals surface area (Å²) in [5.74, 6) is 0.710. The van der Waals surface area contributed by atoms with E-state index in [0.717, 1.165) is 55.8 Å². The number of anilines is 3. The number of likely N-dealkylation sites (N-methyl/N-ethyl adjacent to an activating group) is 1. The van der Waals surface area contributed by atoms with Gasteiger partial charge >= 0.3 is 0 Å². The maximum absolute atomic E-state index is 14.6. The van der Waals surface area contributed by atoms with Gasteiger partial charge in [-0.2, -0.15) is 5.10 Å². The minimum Gasteiger partial charge on any atom is -0.492 e. The van der Waals surface area contributed by atoms with Crippen LogP contribution in [-0.4, -0.2) is 135 Å². The number of hydrogen-bond acceptors (Lipinski definition) is 16. The van der Waals surface area contributed by atoms with Crippen LogP contribution < -0.4 is 25.6 Å². The Balaban J connectivity index is 0.787. The Kier molecular flexibility index (Phi) is 16.4. The van der Waals surface area contributed by atoms with E-state index in [-0.39, 0.29) is 51.8 Å². The Morgan fingerprint density at radius 2 is 1.64 bits per heavy atom. The van der Waals surface area contributed by atoms with Crippen LogP contribution in [0.15, 0.2) is 71.3 Å². The number of fused-ring (bicyclic) bond motifs is 1. The third kappa shape index (κ3) is 11.8. The van der Waals surface area contributed by atoms with Gasteiger partial charge in [0.1, 0.15) is 51.2 Å². The lowest BCUT2D eigenvalue weighted by molar-refractivity contribution is -0.139. The summed E-state index contributed by atoms with van der Waals surface area (Å²) in [6, 6.07) is 10.5. The number of sulfone groups is 1. The fourth-order valence-electron chi connectivity index (χ4n) is 10.2. The molecule has 3 fully saturated rings. The molecule has 408 valence electrons. The average molecular weight is 1090 g/mol. The van der Waals surface area contributed by atoms with Crippen molar-refractivity contribution >= 4 is 73.0 Å². The molecule has 2 aromatic carbocycles. The number of pyridine rings is 1. The Hall–Kier alpha value is -6.91. The molecule has 3 atom stereocenters. The van der Waals surface area contributed by atoms with E-state index in [1.54, 1.807) is 68.3 Å². The summed E-state index contributed by atoms with van der Waals surface area (Å²) in [4.78, 5) is 79.2. The van der Waals surface area contributed by atoms with Crippen molar-refractivity contribution in [2.24, 2.45) is 11.8 Å². The molecule has 3 saturated heterocycles. The minimum atomic E-state index is -3.84. The van der Waals surface area contributed by atoms with Crippen LogP contribution in [0.4, 0.5) is 21.8 Å². The second-order valence-electron chi connectivity index (χ2n) is 21.3. The fraction of sp³-hybridized carbons (Fsp3) is 0.473. The molecule has 0 bridgehead atoms. The highest BCUT2D eigenvalue weighted by molar-refractivity contribution is 7.92. The number of benzene rings is 2. The zero-order chi connectivity index (χ0) is 54.8. The minimum absolute atomic E-state index is 0.0799. The number of ketones is 1. The van der Waals surface area contributed by atoms with Crippen molar-refractivity contribution in [1.29, 1.82) is 0 Å². The molecule has 3 aliphatic heterocycles. The summed E-state index contributed by atoms with van der Waals surface area (Å²) in [6.07, 6.45) is 7.89. The molecule has 3 amide bonds. The summed E-state index contributed by atoms with van der Waals surface area (Å²) >= 11 is 1.30. The molecular formula is C55H67FN12O7S2. The molecule has 2 unspecified atom stereocenters. The van der Waals surface area contributed by atoms with Gasteiger partial charge in [0, 0.05) is 72.6 Å². The summed E-state index contributed by atoms with van der Waals surface area (Å²) in [5.41, 5.74) is 3.37. The van der Waals surface area contributed by atoms with Gasteiger partial charge in [-0.3, -0.25) is 24.3 Å². The predicted molar refractivity (Wildman–Crippen MR) is 292 cm³/mol. The topological polar surface area (TPSA) is 238 Å². The predicted octanol–water partition coefficient (Wildman–Crippen LogP) is 7.50. The largest absolute Gasteiger partial charge is 0.492 e. The highest BCUT2D eigenvalue weighted by Gasteiger charge is 2.42. The molecule has 4 N–H and O–H groups in total. The molecule has 77 heavy (non-hydrogen) atoms. The van der Waals surface area contributed by atoms with Crippen LogP contribution in [0.2, 0.25) is 0 Å². The van der Waals surface area contributed by atoms with Crippen LogP contribution in [-0.2, 0) is 19.4 Å². The van der Waals surface area contributed by atoms with Crippen molar-refractivity contribution in [2.75, 3.05) is 56.6 Å². The highest BCUT2D eigenvalue weighted by atomic mass is 32.2. The van der Waals surface area contributed by atoms with Gasteiger partial charge in [0.15, 0.2) is 15.7 Å². The number of halogens is 1. The summed E-state index contributed by atoms with van der Waals surface area (Å²) in [6.45, 7) is 13.7. The van der Waals surface area contributed by atoms with Crippen molar-refractivity contribution in [1.82, 2.24) is 50.6 Å². The second-order valence-corrected chi connectivity index (χ2v) is 24.9. The standard InChI is InChI=1S/C55H67FN12O7S2/c1-32-33(2)64-65-49(32)63-50-40-27-45(77(73,74)55(4,5)6)44(28-41(40)59-31-60-50)75-26-20-35-16-22-66(23-17-35)46-15-12-38(29-58-46)53(71)67-24-18-36(19-25-67)47(62-51(70)34(3)57-7)54(72)68-21-8-9-43(68)52-61-42(30-76-52)48(69)37-10-13-39(56)14-11-37/h10-15,27-31,34-36,43,47,57H,8-9,16-26H2,1-7H3,(H,62,70)(H2,59,60,63,64,65)/t34?,43-,47?/m0/s1. The third-order valence-electron chi connectivity index (χ3n) is 15.4.